The fourth-order valence-corrected chi connectivity index (χ4v) is 2.62. The summed E-state index contributed by atoms with van der Waals surface area (Å²) in [6.07, 6.45) is 2.69. The van der Waals surface area contributed by atoms with E-state index in [9.17, 15) is 0 Å². The Morgan fingerprint density at radius 3 is 2.63 bits per heavy atom. The Balaban J connectivity index is 2.49. The summed E-state index contributed by atoms with van der Waals surface area (Å²) in [5, 5.41) is 6.78. The van der Waals surface area contributed by atoms with Crippen LogP contribution in [-0.4, -0.2) is 49.1 Å². The van der Waals surface area contributed by atoms with Crippen LogP contribution in [0, 0.1) is 5.92 Å². The quantitative estimate of drug-likeness (QED) is 0.606. The highest BCUT2D eigenvalue weighted by Crippen LogP contribution is 2.23. The Labute approximate surface area is 119 Å². The van der Waals surface area contributed by atoms with Crippen LogP contribution in [0.3, 0.4) is 0 Å². The smallest absolute Gasteiger partial charge is 0.191 e. The van der Waals surface area contributed by atoms with E-state index in [4.69, 9.17) is 0 Å². The second-order valence-corrected chi connectivity index (χ2v) is 6.73. The van der Waals surface area contributed by atoms with Gasteiger partial charge in [0.15, 0.2) is 5.96 Å². The van der Waals surface area contributed by atoms with E-state index in [0.29, 0.717) is 6.04 Å². The minimum absolute atomic E-state index is 0.170. The van der Waals surface area contributed by atoms with Crippen molar-refractivity contribution in [3.8, 4) is 0 Å². The predicted molar refractivity (Wildman–Crippen MR) is 83.7 cm³/mol. The minimum Gasteiger partial charge on any atom is -0.355 e. The van der Waals surface area contributed by atoms with Crippen LogP contribution >= 0.6 is 0 Å². The van der Waals surface area contributed by atoms with Gasteiger partial charge in [-0.1, -0.05) is 6.92 Å². The normalized spacial score (nSPS) is 22.7. The van der Waals surface area contributed by atoms with Gasteiger partial charge in [-0.2, -0.15) is 0 Å². The SMILES string of the molecule is CN=C(NCC(C)(C)N1CCCC(C)C1)NC(C)C. The van der Waals surface area contributed by atoms with Gasteiger partial charge in [-0.25, -0.2) is 0 Å². The summed E-state index contributed by atoms with van der Waals surface area (Å²) in [4.78, 5) is 6.88. The van der Waals surface area contributed by atoms with Crippen molar-refractivity contribution in [3.63, 3.8) is 0 Å². The number of piperidine rings is 1. The largest absolute Gasteiger partial charge is 0.355 e. The zero-order valence-electron chi connectivity index (χ0n) is 13.6. The summed E-state index contributed by atoms with van der Waals surface area (Å²) in [5.74, 6) is 1.72. The summed E-state index contributed by atoms with van der Waals surface area (Å²) in [5.41, 5.74) is 0.170. The number of aliphatic imine (C=N–C) groups is 1. The van der Waals surface area contributed by atoms with E-state index < -0.39 is 0 Å². The molecule has 0 amide bonds. The molecule has 1 heterocycles. The second-order valence-electron chi connectivity index (χ2n) is 6.73. The van der Waals surface area contributed by atoms with Gasteiger partial charge in [0.1, 0.15) is 0 Å². The molecule has 0 aliphatic carbocycles. The maximum atomic E-state index is 4.27. The van der Waals surface area contributed by atoms with Crippen LogP contribution in [0.25, 0.3) is 0 Å². The van der Waals surface area contributed by atoms with Crippen LogP contribution in [0.1, 0.15) is 47.5 Å². The number of likely N-dealkylation sites (tertiary alicyclic amines) is 1. The van der Waals surface area contributed by atoms with Gasteiger partial charge in [0.05, 0.1) is 0 Å². The summed E-state index contributed by atoms with van der Waals surface area (Å²) < 4.78 is 0. The first-order valence-corrected chi connectivity index (χ1v) is 7.57. The topological polar surface area (TPSA) is 39.7 Å². The molecule has 0 radical (unpaired) electrons. The molecule has 1 aliphatic rings. The molecule has 1 unspecified atom stereocenters. The maximum absolute atomic E-state index is 4.27. The molecule has 0 aromatic carbocycles. The lowest BCUT2D eigenvalue weighted by Crippen LogP contribution is -2.56. The number of nitrogens with one attached hydrogen (secondary N) is 2. The molecule has 1 atom stereocenters. The average molecular weight is 268 g/mol. The van der Waals surface area contributed by atoms with Crippen molar-refractivity contribution in [1.82, 2.24) is 15.5 Å². The second kappa shape index (κ2) is 7.13. The molecule has 2 N–H and O–H groups in total. The van der Waals surface area contributed by atoms with E-state index in [-0.39, 0.29) is 5.54 Å². The van der Waals surface area contributed by atoms with E-state index in [1.807, 2.05) is 7.05 Å². The number of hydrogen-bond acceptors (Lipinski definition) is 2. The minimum atomic E-state index is 0.170. The van der Waals surface area contributed by atoms with Gasteiger partial charge in [-0.15, -0.1) is 0 Å². The Bertz CT molecular complexity index is 297. The lowest BCUT2D eigenvalue weighted by Gasteiger charge is -2.43. The number of nitrogens with zero attached hydrogens (tertiary/aromatic N) is 2. The molecule has 0 bridgehead atoms. The summed E-state index contributed by atoms with van der Waals surface area (Å²) >= 11 is 0. The van der Waals surface area contributed by atoms with Gasteiger partial charge in [0.25, 0.3) is 0 Å². The van der Waals surface area contributed by atoms with Crippen molar-refractivity contribution in [1.29, 1.82) is 0 Å². The van der Waals surface area contributed by atoms with Crippen molar-refractivity contribution >= 4 is 5.96 Å². The van der Waals surface area contributed by atoms with Gasteiger partial charge in [0.2, 0.25) is 0 Å². The predicted octanol–water partition coefficient (Wildman–Crippen LogP) is 2.07. The lowest BCUT2D eigenvalue weighted by atomic mass is 9.93. The van der Waals surface area contributed by atoms with Crippen molar-refractivity contribution in [2.24, 2.45) is 10.9 Å². The maximum Gasteiger partial charge on any atom is 0.191 e. The van der Waals surface area contributed by atoms with E-state index in [1.165, 1.54) is 25.9 Å². The van der Waals surface area contributed by atoms with E-state index in [0.717, 1.165) is 18.4 Å². The third kappa shape index (κ3) is 5.39. The van der Waals surface area contributed by atoms with Crippen LogP contribution in [0.15, 0.2) is 4.99 Å². The van der Waals surface area contributed by atoms with Crippen molar-refractivity contribution in [3.05, 3.63) is 0 Å². The highest BCUT2D eigenvalue weighted by Gasteiger charge is 2.30. The van der Waals surface area contributed by atoms with Crippen LogP contribution in [0.2, 0.25) is 0 Å². The number of guanidine groups is 1. The summed E-state index contributed by atoms with van der Waals surface area (Å²) in [7, 11) is 1.83. The van der Waals surface area contributed by atoms with E-state index in [1.54, 1.807) is 0 Å². The fourth-order valence-electron chi connectivity index (χ4n) is 2.62. The van der Waals surface area contributed by atoms with Crippen LogP contribution < -0.4 is 10.6 Å². The molecule has 4 nitrogen and oxygen atoms in total. The van der Waals surface area contributed by atoms with Crippen LogP contribution in [0.4, 0.5) is 0 Å². The Hall–Kier alpha value is -0.770. The first-order chi connectivity index (χ1) is 8.85. The van der Waals surface area contributed by atoms with Crippen LogP contribution in [-0.2, 0) is 0 Å². The molecule has 0 aromatic rings. The lowest BCUT2D eigenvalue weighted by molar-refractivity contribution is 0.0739. The van der Waals surface area contributed by atoms with Crippen LogP contribution in [0.5, 0.6) is 0 Å². The molecule has 1 saturated heterocycles. The standard InChI is InChI=1S/C15H32N4/c1-12(2)18-14(16-6)17-11-15(4,5)19-9-7-8-13(3)10-19/h12-13H,7-11H2,1-6H3,(H2,16,17,18). The molecular formula is C15H32N4. The van der Waals surface area contributed by atoms with Crippen molar-refractivity contribution in [2.45, 2.75) is 59.0 Å². The Kier molecular flexibility index (Phi) is 6.11. The first-order valence-electron chi connectivity index (χ1n) is 7.57. The third-order valence-corrected chi connectivity index (χ3v) is 3.85. The van der Waals surface area contributed by atoms with E-state index >= 15 is 0 Å². The first kappa shape index (κ1) is 16.3. The van der Waals surface area contributed by atoms with Crippen molar-refractivity contribution < 1.29 is 0 Å². The fraction of sp³-hybridized carbons (Fsp3) is 0.933. The highest BCUT2D eigenvalue weighted by molar-refractivity contribution is 5.79. The monoisotopic (exact) mass is 268 g/mol. The molecule has 4 heteroatoms. The average Bonchev–Trinajstić information content (AvgIpc) is 2.34. The number of rotatable bonds is 4. The third-order valence-electron chi connectivity index (χ3n) is 3.85. The molecule has 1 rings (SSSR count). The molecule has 0 spiro atoms. The van der Waals surface area contributed by atoms with Gasteiger partial charge in [-0.3, -0.25) is 9.89 Å². The summed E-state index contributed by atoms with van der Waals surface area (Å²) in [6, 6.07) is 0.407. The Morgan fingerprint density at radius 1 is 1.42 bits per heavy atom. The van der Waals surface area contributed by atoms with Gasteiger partial charge in [0, 0.05) is 31.7 Å². The molecule has 112 valence electrons. The molecule has 1 fully saturated rings. The Morgan fingerprint density at radius 2 is 2.11 bits per heavy atom. The molecule has 1 aliphatic heterocycles. The molecule has 0 saturated carbocycles. The zero-order chi connectivity index (χ0) is 14.5. The van der Waals surface area contributed by atoms with E-state index in [2.05, 4.69) is 55.1 Å². The molecular weight excluding hydrogens is 236 g/mol. The molecule has 0 aromatic heterocycles. The van der Waals surface area contributed by atoms with Gasteiger partial charge >= 0.3 is 0 Å². The van der Waals surface area contributed by atoms with Gasteiger partial charge < -0.3 is 10.6 Å². The molecule has 19 heavy (non-hydrogen) atoms. The van der Waals surface area contributed by atoms with Gasteiger partial charge in [-0.05, 0) is 53.0 Å². The van der Waals surface area contributed by atoms with Crippen molar-refractivity contribution in [2.75, 3.05) is 26.7 Å². The highest BCUT2D eigenvalue weighted by atomic mass is 15.2. The number of hydrogen-bond donors (Lipinski definition) is 2. The summed E-state index contributed by atoms with van der Waals surface area (Å²) in [6.45, 7) is 14.6. The zero-order valence-corrected chi connectivity index (χ0v) is 13.6.